The Bertz CT molecular complexity index is 460. The van der Waals surface area contributed by atoms with Crippen LogP contribution in [-0.4, -0.2) is 20.8 Å². The summed E-state index contributed by atoms with van der Waals surface area (Å²) in [5.74, 6) is 0. The van der Waals surface area contributed by atoms with E-state index in [4.69, 9.17) is 0 Å². The van der Waals surface area contributed by atoms with E-state index in [9.17, 15) is 0 Å². The van der Waals surface area contributed by atoms with Crippen molar-refractivity contribution in [1.29, 1.82) is 0 Å². The van der Waals surface area contributed by atoms with Crippen molar-refractivity contribution in [3.8, 4) is 0 Å². The lowest BCUT2D eigenvalue weighted by Gasteiger charge is -2.07. The second kappa shape index (κ2) is 3.96. The molecule has 1 fully saturated rings. The Morgan fingerprint density at radius 2 is 2.31 bits per heavy atom. The maximum absolute atomic E-state index is 4.10. The molecule has 4 heteroatoms. The highest BCUT2D eigenvalue weighted by Crippen LogP contribution is 2.25. The monoisotopic (exact) mass is 214 g/mol. The molecule has 1 N–H and O–H groups in total. The molecule has 0 saturated heterocycles. The second-order valence-electron chi connectivity index (χ2n) is 4.21. The Hall–Kier alpha value is -1.84. The van der Waals surface area contributed by atoms with Crippen LogP contribution in [-0.2, 0) is 6.54 Å². The van der Waals surface area contributed by atoms with Crippen LogP contribution < -0.4 is 5.32 Å². The van der Waals surface area contributed by atoms with Gasteiger partial charge in [-0.3, -0.25) is 0 Å². The van der Waals surface area contributed by atoms with Crippen LogP contribution in [0.1, 0.15) is 18.4 Å². The number of anilines is 1. The molecule has 1 aromatic heterocycles. The fourth-order valence-corrected chi connectivity index (χ4v) is 1.72. The molecule has 0 unspecified atom stereocenters. The van der Waals surface area contributed by atoms with E-state index in [1.165, 1.54) is 24.1 Å². The summed E-state index contributed by atoms with van der Waals surface area (Å²) in [6, 6.07) is 9.18. The van der Waals surface area contributed by atoms with E-state index in [0.29, 0.717) is 6.04 Å². The summed E-state index contributed by atoms with van der Waals surface area (Å²) in [5.41, 5.74) is 2.45. The summed E-state index contributed by atoms with van der Waals surface area (Å²) in [6.07, 6.45) is 5.90. The van der Waals surface area contributed by atoms with Gasteiger partial charge in [-0.25, -0.2) is 9.67 Å². The van der Waals surface area contributed by atoms with Gasteiger partial charge in [-0.2, -0.15) is 5.10 Å². The molecule has 2 aromatic rings. The van der Waals surface area contributed by atoms with Crippen molar-refractivity contribution in [2.45, 2.75) is 25.4 Å². The minimum atomic E-state index is 0.696. The summed E-state index contributed by atoms with van der Waals surface area (Å²) >= 11 is 0. The largest absolute Gasteiger partial charge is 0.382 e. The Labute approximate surface area is 94.3 Å². The third-order valence-corrected chi connectivity index (χ3v) is 2.69. The Kier molecular flexibility index (Phi) is 2.33. The molecule has 82 valence electrons. The number of benzene rings is 1. The zero-order valence-electron chi connectivity index (χ0n) is 9.00. The minimum absolute atomic E-state index is 0.696. The van der Waals surface area contributed by atoms with E-state index >= 15 is 0 Å². The number of rotatable bonds is 4. The van der Waals surface area contributed by atoms with Crippen LogP contribution in [0.2, 0.25) is 0 Å². The van der Waals surface area contributed by atoms with Crippen molar-refractivity contribution in [2.24, 2.45) is 0 Å². The highest BCUT2D eigenvalue weighted by molar-refractivity contribution is 5.47. The van der Waals surface area contributed by atoms with Crippen molar-refractivity contribution in [3.05, 3.63) is 42.5 Å². The maximum atomic E-state index is 4.10. The molecule has 1 aromatic carbocycles. The summed E-state index contributed by atoms with van der Waals surface area (Å²) in [5, 5.41) is 7.59. The van der Waals surface area contributed by atoms with Crippen molar-refractivity contribution in [1.82, 2.24) is 14.8 Å². The molecule has 1 saturated carbocycles. The van der Waals surface area contributed by atoms with Crippen LogP contribution in [0.25, 0.3) is 0 Å². The lowest BCUT2D eigenvalue weighted by Crippen LogP contribution is -2.03. The average molecular weight is 214 g/mol. The van der Waals surface area contributed by atoms with Gasteiger partial charge in [-0.15, -0.1) is 0 Å². The number of hydrogen-bond donors (Lipinski definition) is 1. The fourth-order valence-electron chi connectivity index (χ4n) is 1.72. The van der Waals surface area contributed by atoms with E-state index in [0.717, 1.165) is 6.54 Å². The number of hydrogen-bond acceptors (Lipinski definition) is 3. The summed E-state index contributed by atoms with van der Waals surface area (Å²) in [4.78, 5) is 3.94. The molecule has 0 radical (unpaired) electrons. The van der Waals surface area contributed by atoms with E-state index in [1.54, 1.807) is 12.7 Å². The maximum Gasteiger partial charge on any atom is 0.137 e. The molecule has 0 spiro atoms. The predicted molar refractivity (Wildman–Crippen MR) is 62.2 cm³/mol. The van der Waals surface area contributed by atoms with Crippen LogP contribution >= 0.6 is 0 Å². The van der Waals surface area contributed by atoms with Crippen molar-refractivity contribution >= 4 is 5.69 Å². The van der Waals surface area contributed by atoms with Crippen LogP contribution in [0.4, 0.5) is 5.69 Å². The molecular weight excluding hydrogens is 200 g/mol. The van der Waals surface area contributed by atoms with Crippen molar-refractivity contribution in [2.75, 3.05) is 5.32 Å². The quantitative estimate of drug-likeness (QED) is 0.845. The van der Waals surface area contributed by atoms with E-state index < -0.39 is 0 Å². The first kappa shape index (κ1) is 9.39. The van der Waals surface area contributed by atoms with Gasteiger partial charge in [0.1, 0.15) is 12.7 Å². The van der Waals surface area contributed by atoms with Crippen LogP contribution in [0.15, 0.2) is 36.9 Å². The lowest BCUT2D eigenvalue weighted by molar-refractivity contribution is 0.685. The van der Waals surface area contributed by atoms with Crippen molar-refractivity contribution in [3.63, 3.8) is 0 Å². The first-order valence-electron chi connectivity index (χ1n) is 5.58. The van der Waals surface area contributed by atoms with Gasteiger partial charge in [0, 0.05) is 11.7 Å². The summed E-state index contributed by atoms with van der Waals surface area (Å²) in [6.45, 7) is 0.778. The van der Waals surface area contributed by atoms with Gasteiger partial charge in [0.25, 0.3) is 0 Å². The first-order chi connectivity index (χ1) is 7.90. The van der Waals surface area contributed by atoms with Crippen molar-refractivity contribution < 1.29 is 0 Å². The third kappa shape index (κ3) is 2.21. The second-order valence-corrected chi connectivity index (χ2v) is 4.21. The molecule has 3 rings (SSSR count). The normalized spacial score (nSPS) is 15.0. The molecule has 0 bridgehead atoms. The Balaban J connectivity index is 1.73. The standard InChI is InChI=1S/C12H14N4/c1-2-10(7-16-9-13-8-14-16)6-12(3-1)15-11-4-5-11/h1-3,6,8-9,11,15H,4-5,7H2. The smallest absolute Gasteiger partial charge is 0.137 e. The molecule has 4 nitrogen and oxygen atoms in total. The first-order valence-corrected chi connectivity index (χ1v) is 5.58. The number of nitrogens with one attached hydrogen (secondary N) is 1. The molecular formula is C12H14N4. The van der Waals surface area contributed by atoms with E-state index in [1.807, 2.05) is 4.68 Å². The SMILES string of the molecule is c1cc(Cn2cncn2)cc(NC2CC2)c1. The van der Waals surface area contributed by atoms with Gasteiger partial charge in [0.2, 0.25) is 0 Å². The predicted octanol–water partition coefficient (Wildman–Crippen LogP) is 1.90. The van der Waals surface area contributed by atoms with Gasteiger partial charge < -0.3 is 5.32 Å². The van der Waals surface area contributed by atoms with E-state index in [-0.39, 0.29) is 0 Å². The van der Waals surface area contributed by atoms with Crippen LogP contribution in [0.5, 0.6) is 0 Å². The van der Waals surface area contributed by atoms with Crippen LogP contribution in [0, 0.1) is 0 Å². The summed E-state index contributed by atoms with van der Waals surface area (Å²) in [7, 11) is 0. The zero-order valence-corrected chi connectivity index (χ0v) is 9.00. The highest BCUT2D eigenvalue weighted by atomic mass is 15.3. The van der Waals surface area contributed by atoms with Gasteiger partial charge in [-0.1, -0.05) is 12.1 Å². The highest BCUT2D eigenvalue weighted by Gasteiger charge is 2.20. The number of nitrogens with zero attached hydrogens (tertiary/aromatic N) is 3. The van der Waals surface area contributed by atoms with E-state index in [2.05, 4.69) is 39.7 Å². The molecule has 16 heavy (non-hydrogen) atoms. The van der Waals surface area contributed by atoms with Gasteiger partial charge >= 0.3 is 0 Å². The van der Waals surface area contributed by atoms with Gasteiger partial charge in [-0.05, 0) is 30.5 Å². The van der Waals surface area contributed by atoms with Gasteiger partial charge in [0.15, 0.2) is 0 Å². The molecule has 1 heterocycles. The fraction of sp³-hybridized carbons (Fsp3) is 0.333. The molecule has 1 aliphatic rings. The molecule has 0 atom stereocenters. The average Bonchev–Trinajstić information content (AvgIpc) is 2.94. The molecule has 0 amide bonds. The Morgan fingerprint density at radius 1 is 1.38 bits per heavy atom. The molecule has 0 aliphatic heterocycles. The topological polar surface area (TPSA) is 42.7 Å². The Morgan fingerprint density at radius 3 is 3.06 bits per heavy atom. The lowest BCUT2D eigenvalue weighted by atomic mass is 10.2. The summed E-state index contributed by atoms with van der Waals surface area (Å²) < 4.78 is 1.83. The zero-order chi connectivity index (χ0) is 10.8. The number of aromatic nitrogens is 3. The van der Waals surface area contributed by atoms with Crippen LogP contribution in [0.3, 0.4) is 0 Å². The third-order valence-electron chi connectivity index (χ3n) is 2.69. The minimum Gasteiger partial charge on any atom is -0.382 e. The van der Waals surface area contributed by atoms with Gasteiger partial charge in [0.05, 0.1) is 6.54 Å². The molecule has 1 aliphatic carbocycles.